The van der Waals surface area contributed by atoms with Crippen LogP contribution in [0, 0.1) is 6.92 Å². The van der Waals surface area contributed by atoms with Crippen LogP contribution >= 0.6 is 0 Å². The molecule has 1 fully saturated rings. The summed E-state index contributed by atoms with van der Waals surface area (Å²) in [6, 6.07) is 16.7. The van der Waals surface area contributed by atoms with Gasteiger partial charge in [-0.15, -0.1) is 0 Å². The molecule has 3 aromatic rings. The van der Waals surface area contributed by atoms with Crippen molar-refractivity contribution < 1.29 is 13.9 Å². The van der Waals surface area contributed by atoms with Gasteiger partial charge in [0.1, 0.15) is 5.69 Å². The van der Waals surface area contributed by atoms with Gasteiger partial charge >= 0.3 is 0 Å². The van der Waals surface area contributed by atoms with E-state index < -0.39 is 0 Å². The van der Waals surface area contributed by atoms with Crippen molar-refractivity contribution in [1.82, 2.24) is 20.2 Å². The molecular weight excluding hydrogens is 402 g/mol. The number of nitrogens with one attached hydrogen (secondary N) is 2. The van der Waals surface area contributed by atoms with E-state index in [-0.39, 0.29) is 27.8 Å². The fraction of sp³-hybridized carbons (Fsp3) is 0.280. The lowest BCUT2D eigenvalue weighted by atomic mass is 10.0. The van der Waals surface area contributed by atoms with E-state index in [1.807, 2.05) is 42.5 Å². The van der Waals surface area contributed by atoms with Gasteiger partial charge in [-0.1, -0.05) is 30.3 Å². The molecule has 0 unspecified atom stereocenters. The van der Waals surface area contributed by atoms with Crippen molar-refractivity contribution in [3.8, 4) is 11.3 Å². The molecule has 0 aliphatic carbocycles. The number of likely N-dealkylation sites (tertiary alicyclic amines) is 1. The monoisotopic (exact) mass is 435 g/mol. The molecule has 2 amide bonds. The molecule has 0 radical (unpaired) electrons. The van der Waals surface area contributed by atoms with Crippen molar-refractivity contribution in [2.24, 2.45) is 0 Å². The highest BCUT2D eigenvalue weighted by molar-refractivity contribution is 6.03. The van der Waals surface area contributed by atoms with Crippen LogP contribution in [-0.4, -0.2) is 52.9 Å². The van der Waals surface area contributed by atoms with Crippen LogP contribution in [-0.2, 0) is 0 Å². The average Bonchev–Trinajstić information content (AvgIpc) is 2.81. The fourth-order valence-electron chi connectivity index (χ4n) is 3.73. The number of hydrogen-bond donors (Lipinski definition) is 2. The Labute approximate surface area is 192 Å². The van der Waals surface area contributed by atoms with E-state index in [9.17, 15) is 9.59 Å². The molecule has 1 aliphatic rings. The van der Waals surface area contributed by atoms with Gasteiger partial charge in [0, 0.05) is 27.1 Å². The Morgan fingerprint density at radius 2 is 1.69 bits per heavy atom. The molecular formula is C25H33N5O2. The van der Waals surface area contributed by atoms with Crippen molar-refractivity contribution in [2.45, 2.75) is 25.8 Å². The van der Waals surface area contributed by atoms with Gasteiger partial charge in [0.05, 0.1) is 17.6 Å². The molecule has 7 nitrogen and oxygen atoms in total. The number of para-hydroxylation sites is 1. The number of piperidine rings is 1. The molecule has 0 spiro atoms. The Kier molecular flexibility index (Phi) is 6.56. The zero-order chi connectivity index (χ0) is 22.5. The molecule has 4 rings (SSSR count). The quantitative estimate of drug-likeness (QED) is 0.625. The average molecular weight is 436 g/mol. The summed E-state index contributed by atoms with van der Waals surface area (Å²) in [5.41, 5.74) is 3.50. The highest BCUT2D eigenvalue weighted by Crippen LogP contribution is 2.19. The Balaban J connectivity index is 0.00000204. The SMILES string of the molecule is Cc1ncc(-c2ccc(C(=O)NC3CCN(C)CC3)cc2)nc1C(=O)Nc1ccccc1.[HH].[HH].[HH]. The second-order valence-corrected chi connectivity index (χ2v) is 8.14. The first-order valence-electron chi connectivity index (χ1n) is 10.8. The summed E-state index contributed by atoms with van der Waals surface area (Å²) < 4.78 is 0. The third-order valence-corrected chi connectivity index (χ3v) is 5.70. The van der Waals surface area contributed by atoms with Gasteiger partial charge in [0.2, 0.25) is 0 Å². The van der Waals surface area contributed by atoms with Gasteiger partial charge in [0.25, 0.3) is 11.8 Å². The first-order valence-corrected chi connectivity index (χ1v) is 10.8. The van der Waals surface area contributed by atoms with Crippen LogP contribution in [0.15, 0.2) is 60.8 Å². The number of benzene rings is 2. The normalized spacial score (nSPS) is 14.7. The molecule has 1 aromatic heterocycles. The lowest BCUT2D eigenvalue weighted by molar-refractivity contribution is 0.0916. The van der Waals surface area contributed by atoms with Crippen molar-refractivity contribution in [2.75, 3.05) is 25.5 Å². The van der Waals surface area contributed by atoms with Crippen molar-refractivity contribution in [1.29, 1.82) is 0 Å². The van der Waals surface area contributed by atoms with E-state index in [0.717, 1.165) is 31.5 Å². The van der Waals surface area contributed by atoms with Crippen LogP contribution in [0.5, 0.6) is 0 Å². The molecule has 32 heavy (non-hydrogen) atoms. The van der Waals surface area contributed by atoms with Gasteiger partial charge in [-0.2, -0.15) is 0 Å². The highest BCUT2D eigenvalue weighted by atomic mass is 16.2. The summed E-state index contributed by atoms with van der Waals surface area (Å²) in [5.74, 6) is -0.374. The van der Waals surface area contributed by atoms with Crippen LogP contribution < -0.4 is 10.6 Å². The second-order valence-electron chi connectivity index (χ2n) is 8.14. The Morgan fingerprint density at radius 3 is 2.38 bits per heavy atom. The number of anilines is 1. The smallest absolute Gasteiger partial charge is 0.276 e. The molecule has 2 N–H and O–H groups in total. The first-order chi connectivity index (χ1) is 15.5. The van der Waals surface area contributed by atoms with Gasteiger partial charge < -0.3 is 15.5 Å². The summed E-state index contributed by atoms with van der Waals surface area (Å²) >= 11 is 0. The zero-order valence-corrected chi connectivity index (χ0v) is 18.3. The van der Waals surface area contributed by atoms with Crippen molar-refractivity contribution in [3.05, 3.63) is 77.7 Å². The molecule has 2 aromatic carbocycles. The van der Waals surface area contributed by atoms with E-state index in [1.165, 1.54) is 0 Å². The van der Waals surface area contributed by atoms with Crippen molar-refractivity contribution in [3.63, 3.8) is 0 Å². The number of hydrogen-bond acceptors (Lipinski definition) is 5. The van der Waals surface area contributed by atoms with E-state index in [4.69, 9.17) is 0 Å². The number of aryl methyl sites for hydroxylation is 1. The predicted molar refractivity (Wildman–Crippen MR) is 131 cm³/mol. The van der Waals surface area contributed by atoms with Gasteiger partial charge in [0.15, 0.2) is 0 Å². The minimum absolute atomic E-state index is 0. The molecule has 0 bridgehead atoms. The van der Waals surface area contributed by atoms with E-state index in [2.05, 4.69) is 32.5 Å². The Bertz CT molecular complexity index is 1110. The Hall–Kier alpha value is -3.58. The third kappa shape index (κ3) is 5.18. The largest absolute Gasteiger partial charge is 0.349 e. The van der Waals surface area contributed by atoms with E-state index >= 15 is 0 Å². The third-order valence-electron chi connectivity index (χ3n) is 5.70. The maximum Gasteiger partial charge on any atom is 0.276 e. The van der Waals surface area contributed by atoms with Crippen LogP contribution in [0.2, 0.25) is 0 Å². The molecule has 170 valence electrons. The Morgan fingerprint density at radius 1 is 1.00 bits per heavy atom. The number of carbonyl (C=O) groups excluding carboxylic acids is 2. The second kappa shape index (κ2) is 9.70. The summed E-state index contributed by atoms with van der Waals surface area (Å²) in [5, 5.41) is 5.97. The number of carbonyl (C=O) groups is 2. The first kappa shape index (κ1) is 21.6. The minimum Gasteiger partial charge on any atom is -0.349 e. The molecule has 0 atom stereocenters. The van der Waals surface area contributed by atoms with E-state index in [1.54, 1.807) is 25.3 Å². The molecule has 1 aliphatic heterocycles. The fourth-order valence-corrected chi connectivity index (χ4v) is 3.73. The number of rotatable bonds is 5. The summed E-state index contributed by atoms with van der Waals surface area (Å²) in [6.07, 6.45) is 3.57. The number of nitrogens with zero attached hydrogens (tertiary/aromatic N) is 3. The summed E-state index contributed by atoms with van der Waals surface area (Å²) in [7, 11) is 2.10. The summed E-state index contributed by atoms with van der Waals surface area (Å²) in [6.45, 7) is 3.75. The zero-order valence-electron chi connectivity index (χ0n) is 18.3. The maximum atomic E-state index is 12.7. The van der Waals surface area contributed by atoms with Gasteiger partial charge in [-0.3, -0.25) is 14.6 Å². The van der Waals surface area contributed by atoms with Crippen LogP contribution in [0.3, 0.4) is 0 Å². The van der Waals surface area contributed by atoms with Crippen molar-refractivity contribution >= 4 is 17.5 Å². The van der Waals surface area contributed by atoms with Crippen LogP contribution in [0.25, 0.3) is 11.3 Å². The molecule has 0 saturated carbocycles. The number of aromatic nitrogens is 2. The van der Waals surface area contributed by atoms with Gasteiger partial charge in [-0.25, -0.2) is 4.98 Å². The standard InChI is InChI=1S/C25H27N5O2.3H2/c1-17-23(25(32)28-20-6-4-3-5-7-20)29-22(16-26-17)18-8-10-19(11-9-18)24(31)27-21-12-14-30(2)15-13-21;;;/h3-11,16,21H,12-15H2,1-2H3,(H,27,31)(H,28,32);3*1H. The maximum absolute atomic E-state index is 12.7. The molecule has 1 saturated heterocycles. The lowest BCUT2D eigenvalue weighted by Crippen LogP contribution is -2.43. The minimum atomic E-state index is -0.308. The summed E-state index contributed by atoms with van der Waals surface area (Å²) in [4.78, 5) is 36.5. The molecule has 2 heterocycles. The predicted octanol–water partition coefficient (Wildman–Crippen LogP) is 4.27. The molecule has 7 heteroatoms. The van der Waals surface area contributed by atoms with E-state index in [0.29, 0.717) is 22.6 Å². The lowest BCUT2D eigenvalue weighted by Gasteiger charge is -2.29. The van der Waals surface area contributed by atoms with Gasteiger partial charge in [-0.05, 0) is 64.2 Å². The topological polar surface area (TPSA) is 87.2 Å². The van der Waals surface area contributed by atoms with Crippen LogP contribution in [0.4, 0.5) is 5.69 Å². The van der Waals surface area contributed by atoms with Crippen LogP contribution in [0.1, 0.15) is 43.7 Å². The number of amides is 2. The highest BCUT2D eigenvalue weighted by Gasteiger charge is 2.19.